The van der Waals surface area contributed by atoms with Gasteiger partial charge in [-0.15, -0.1) is 11.8 Å². The molecule has 33 heavy (non-hydrogen) atoms. The third-order valence-corrected chi connectivity index (χ3v) is 6.50. The second-order valence-electron chi connectivity index (χ2n) is 7.43. The maximum Gasteiger partial charge on any atom is 0.416 e. The Balaban J connectivity index is 1.84. The van der Waals surface area contributed by atoms with Gasteiger partial charge in [0.2, 0.25) is 5.91 Å². The second-order valence-corrected chi connectivity index (χ2v) is 8.50. The molecule has 4 rings (SSSR count). The van der Waals surface area contributed by atoms with Crippen molar-refractivity contribution in [1.82, 2.24) is 0 Å². The predicted molar refractivity (Wildman–Crippen MR) is 120 cm³/mol. The molecule has 1 unspecified atom stereocenters. The van der Waals surface area contributed by atoms with E-state index in [1.165, 1.54) is 47.9 Å². The van der Waals surface area contributed by atoms with Crippen molar-refractivity contribution in [3.05, 3.63) is 94.8 Å². The Kier molecular flexibility index (Phi) is 6.16. The molecule has 0 bridgehead atoms. The minimum atomic E-state index is -4.65. The monoisotopic (exact) mass is 474 g/mol. The zero-order chi connectivity index (χ0) is 23.8. The molecule has 9 heteroatoms. The summed E-state index contributed by atoms with van der Waals surface area (Å²) in [5, 5.41) is 1.98. The van der Waals surface area contributed by atoms with E-state index < -0.39 is 34.7 Å². The number of alkyl halides is 3. The van der Waals surface area contributed by atoms with Crippen LogP contribution in [0.4, 0.5) is 28.9 Å². The van der Waals surface area contributed by atoms with Crippen LogP contribution in [0, 0.1) is 12.7 Å². The van der Waals surface area contributed by atoms with E-state index in [1.807, 2.05) is 0 Å². The topological polar surface area (TPSA) is 49.4 Å². The van der Waals surface area contributed by atoms with E-state index in [-0.39, 0.29) is 22.7 Å². The maximum absolute atomic E-state index is 13.7. The molecule has 1 aliphatic rings. The molecule has 170 valence electrons. The number of benzene rings is 3. The van der Waals surface area contributed by atoms with Crippen LogP contribution in [-0.2, 0) is 11.0 Å². The zero-order valence-electron chi connectivity index (χ0n) is 17.3. The van der Waals surface area contributed by atoms with Crippen molar-refractivity contribution in [2.75, 3.05) is 16.0 Å². The van der Waals surface area contributed by atoms with Crippen LogP contribution in [0.2, 0.25) is 0 Å². The predicted octanol–water partition coefficient (Wildman–Crippen LogP) is 6.18. The lowest BCUT2D eigenvalue weighted by atomic mass is 10.0. The normalized spacial score (nSPS) is 16.2. The summed E-state index contributed by atoms with van der Waals surface area (Å²) >= 11 is 1.22. The zero-order valence-corrected chi connectivity index (χ0v) is 18.1. The fourth-order valence-electron chi connectivity index (χ4n) is 3.74. The minimum absolute atomic E-state index is 0.0292. The highest BCUT2D eigenvalue weighted by Gasteiger charge is 2.40. The first-order valence-electron chi connectivity index (χ1n) is 9.93. The molecule has 0 saturated carbocycles. The number of hydrogen-bond donors (Lipinski definition) is 1. The summed E-state index contributed by atoms with van der Waals surface area (Å²) in [6.07, 6.45) is -4.65. The number of carbonyl (C=O) groups excluding carboxylic acids is 2. The van der Waals surface area contributed by atoms with Crippen molar-refractivity contribution in [3.63, 3.8) is 0 Å². The number of carbonyl (C=O) groups is 2. The standard InChI is InChI=1S/C24H18F4N2O2S/c1-14-18(24(26,27)28)11-12-19(29-22(32)15-5-3-2-4-6-15)21(14)30-20(31)13-33-23(30)16-7-9-17(25)10-8-16/h2-12,23H,13H2,1H3,(H,29,32). The van der Waals surface area contributed by atoms with Crippen molar-refractivity contribution >= 4 is 35.0 Å². The van der Waals surface area contributed by atoms with Crippen LogP contribution in [0.5, 0.6) is 0 Å². The average Bonchev–Trinajstić information content (AvgIpc) is 3.15. The van der Waals surface area contributed by atoms with Crippen LogP contribution in [0.1, 0.15) is 32.4 Å². The van der Waals surface area contributed by atoms with Gasteiger partial charge in [-0.3, -0.25) is 14.5 Å². The third kappa shape index (κ3) is 4.59. The van der Waals surface area contributed by atoms with Gasteiger partial charge in [0.25, 0.3) is 5.91 Å². The van der Waals surface area contributed by atoms with Crippen LogP contribution in [0.25, 0.3) is 0 Å². The molecule has 1 fully saturated rings. The molecule has 0 radical (unpaired) electrons. The van der Waals surface area contributed by atoms with Gasteiger partial charge in [-0.25, -0.2) is 4.39 Å². The Morgan fingerprint density at radius 2 is 1.70 bits per heavy atom. The first-order chi connectivity index (χ1) is 15.7. The Hall–Kier alpha value is -3.33. The van der Waals surface area contributed by atoms with E-state index in [1.54, 1.807) is 30.3 Å². The van der Waals surface area contributed by atoms with Crippen LogP contribution >= 0.6 is 11.8 Å². The number of nitrogens with zero attached hydrogens (tertiary/aromatic N) is 1. The number of halogens is 4. The maximum atomic E-state index is 13.7. The molecule has 1 atom stereocenters. The minimum Gasteiger partial charge on any atom is -0.320 e. The molecule has 3 aromatic carbocycles. The van der Waals surface area contributed by atoms with Crippen LogP contribution in [-0.4, -0.2) is 17.6 Å². The van der Waals surface area contributed by atoms with E-state index in [9.17, 15) is 27.2 Å². The number of thioether (sulfide) groups is 1. The number of hydrogen-bond acceptors (Lipinski definition) is 3. The Morgan fingerprint density at radius 1 is 1.03 bits per heavy atom. The van der Waals surface area contributed by atoms with Gasteiger partial charge >= 0.3 is 6.18 Å². The summed E-state index contributed by atoms with van der Waals surface area (Å²) in [4.78, 5) is 26.9. The Morgan fingerprint density at radius 3 is 2.33 bits per heavy atom. The van der Waals surface area contributed by atoms with Gasteiger partial charge in [-0.05, 0) is 54.4 Å². The van der Waals surface area contributed by atoms with Gasteiger partial charge in [-0.2, -0.15) is 13.2 Å². The summed E-state index contributed by atoms with van der Waals surface area (Å²) in [6.45, 7) is 1.27. The van der Waals surface area contributed by atoms with Gasteiger partial charge in [0.1, 0.15) is 11.2 Å². The average molecular weight is 474 g/mol. The molecule has 2 amide bonds. The summed E-state index contributed by atoms with van der Waals surface area (Å²) in [5.41, 5.74) is -0.160. The number of rotatable bonds is 4. The quantitative estimate of drug-likeness (QED) is 0.459. The molecule has 0 spiro atoms. The van der Waals surface area contributed by atoms with Crippen molar-refractivity contribution in [3.8, 4) is 0 Å². The summed E-state index contributed by atoms with van der Waals surface area (Å²) in [7, 11) is 0. The second kappa shape index (κ2) is 8.90. The van der Waals surface area contributed by atoms with E-state index in [0.29, 0.717) is 11.1 Å². The molecule has 0 aliphatic carbocycles. The van der Waals surface area contributed by atoms with Gasteiger partial charge in [0.15, 0.2) is 0 Å². The van der Waals surface area contributed by atoms with E-state index >= 15 is 0 Å². The third-order valence-electron chi connectivity index (χ3n) is 5.28. The van der Waals surface area contributed by atoms with Crippen LogP contribution in [0.3, 0.4) is 0 Å². The molecule has 0 aromatic heterocycles. The van der Waals surface area contributed by atoms with Crippen molar-refractivity contribution in [2.45, 2.75) is 18.5 Å². The first kappa shape index (κ1) is 22.8. The SMILES string of the molecule is Cc1c(C(F)(F)F)ccc(NC(=O)c2ccccc2)c1N1C(=O)CSC1c1ccc(F)cc1. The summed E-state index contributed by atoms with van der Waals surface area (Å²) in [5.74, 6) is -1.37. The van der Waals surface area contributed by atoms with E-state index in [4.69, 9.17) is 0 Å². The smallest absolute Gasteiger partial charge is 0.320 e. The summed E-state index contributed by atoms with van der Waals surface area (Å²) < 4.78 is 54.5. The fraction of sp³-hybridized carbons (Fsp3) is 0.167. The van der Waals surface area contributed by atoms with Gasteiger partial charge in [0, 0.05) is 5.56 Å². The molecule has 1 N–H and O–H groups in total. The van der Waals surface area contributed by atoms with E-state index in [0.717, 1.165) is 12.1 Å². The number of nitrogens with one attached hydrogen (secondary N) is 1. The lowest BCUT2D eigenvalue weighted by molar-refractivity contribution is -0.138. The molecule has 1 heterocycles. The highest BCUT2D eigenvalue weighted by atomic mass is 32.2. The van der Waals surface area contributed by atoms with Gasteiger partial charge in [0.05, 0.1) is 22.7 Å². The molecule has 3 aromatic rings. The largest absolute Gasteiger partial charge is 0.416 e. The van der Waals surface area contributed by atoms with E-state index in [2.05, 4.69) is 5.32 Å². The van der Waals surface area contributed by atoms with Gasteiger partial charge in [-0.1, -0.05) is 30.3 Å². The lowest BCUT2D eigenvalue weighted by Crippen LogP contribution is -2.30. The Bertz CT molecular complexity index is 1200. The first-order valence-corrected chi connectivity index (χ1v) is 11.0. The molecular weight excluding hydrogens is 456 g/mol. The molecule has 1 saturated heterocycles. The molecule has 4 nitrogen and oxygen atoms in total. The van der Waals surface area contributed by atoms with Gasteiger partial charge < -0.3 is 5.32 Å². The number of anilines is 2. The Labute approximate surface area is 191 Å². The van der Waals surface area contributed by atoms with Crippen molar-refractivity contribution in [2.24, 2.45) is 0 Å². The number of amides is 2. The highest BCUT2D eigenvalue weighted by Crippen LogP contribution is 2.48. The van der Waals surface area contributed by atoms with Crippen molar-refractivity contribution in [1.29, 1.82) is 0 Å². The summed E-state index contributed by atoms with van der Waals surface area (Å²) in [6, 6.07) is 15.7. The molecular formula is C24H18F4N2O2S. The van der Waals surface area contributed by atoms with Crippen LogP contribution in [0.15, 0.2) is 66.7 Å². The van der Waals surface area contributed by atoms with Crippen molar-refractivity contribution < 1.29 is 27.2 Å². The van der Waals surface area contributed by atoms with Crippen LogP contribution < -0.4 is 10.2 Å². The fourth-order valence-corrected chi connectivity index (χ4v) is 4.90. The highest BCUT2D eigenvalue weighted by molar-refractivity contribution is 8.00. The lowest BCUT2D eigenvalue weighted by Gasteiger charge is -2.29. The molecule has 1 aliphatic heterocycles.